The van der Waals surface area contributed by atoms with Crippen molar-refractivity contribution < 1.29 is 20.8 Å². The Morgan fingerprint density at radius 1 is 1.00 bits per heavy atom. The van der Waals surface area contributed by atoms with Gasteiger partial charge >= 0.3 is 37.9 Å². The van der Waals surface area contributed by atoms with Crippen LogP contribution in [-0.4, -0.2) is 0 Å². The third-order valence-corrected chi connectivity index (χ3v) is 2.21. The van der Waals surface area contributed by atoms with Crippen LogP contribution in [0.15, 0.2) is 30.3 Å². The topological polar surface area (TPSA) is 0 Å². The molecule has 1 radical (unpaired) electrons. The van der Waals surface area contributed by atoms with Crippen molar-refractivity contribution in [1.82, 2.24) is 0 Å². The van der Waals surface area contributed by atoms with Crippen LogP contribution in [0.1, 0.15) is 25.0 Å². The van der Waals surface area contributed by atoms with E-state index in [-0.39, 0.29) is 0 Å². The third kappa shape index (κ3) is 2.95. The Kier molecular flexibility index (Phi) is 5.45. The number of allylic oxidation sites excluding steroid dienone is 2. The maximum absolute atomic E-state index is 4.93. The van der Waals surface area contributed by atoms with Gasteiger partial charge in [0.15, 0.2) is 0 Å². The van der Waals surface area contributed by atoms with Gasteiger partial charge in [0.2, 0.25) is 0 Å². The van der Waals surface area contributed by atoms with Gasteiger partial charge in [0.25, 0.3) is 0 Å². The zero-order valence-electron chi connectivity index (χ0n) is 8.14. The summed E-state index contributed by atoms with van der Waals surface area (Å²) in [5, 5.41) is 0. The minimum absolute atomic E-state index is 0.826. The summed E-state index contributed by atoms with van der Waals surface area (Å²) < 4.78 is 0. The fourth-order valence-electron chi connectivity index (χ4n) is 1.65. The number of rotatable bonds is 0. The molecule has 0 nitrogen and oxygen atoms in total. The molecule has 1 aromatic carbocycles. The molecular weight excluding hydrogens is 294 g/mol. The summed E-state index contributed by atoms with van der Waals surface area (Å²) in [5.74, 6) is 1.39. The predicted octanol–water partition coefficient (Wildman–Crippen LogP) is 4.42. The van der Waals surface area contributed by atoms with Crippen molar-refractivity contribution in [1.29, 1.82) is 0 Å². The van der Waals surface area contributed by atoms with E-state index in [4.69, 9.17) is 17.0 Å². The van der Waals surface area contributed by atoms with Crippen molar-refractivity contribution >= 4 is 22.6 Å². The van der Waals surface area contributed by atoms with Crippen LogP contribution < -0.4 is 0 Å². The first-order valence-corrected chi connectivity index (χ1v) is 10.6. The number of halogens is 2. The summed E-state index contributed by atoms with van der Waals surface area (Å²) >= 11 is -0.826. The van der Waals surface area contributed by atoms with Crippen LogP contribution in [-0.2, 0) is 20.8 Å². The molecule has 0 N–H and O–H groups in total. The molecule has 1 aliphatic rings. The van der Waals surface area contributed by atoms with Gasteiger partial charge in [0, 0.05) is 5.92 Å². The molecule has 0 saturated carbocycles. The molecule has 0 amide bonds. The van der Waals surface area contributed by atoms with E-state index >= 15 is 0 Å². The first kappa shape index (κ1) is 12.5. The first-order chi connectivity index (χ1) is 6.70. The quantitative estimate of drug-likeness (QED) is 0.665. The Labute approximate surface area is 104 Å². The molecule has 3 heteroatoms. The van der Waals surface area contributed by atoms with E-state index in [1.807, 2.05) is 0 Å². The van der Waals surface area contributed by atoms with Crippen LogP contribution in [0.5, 0.6) is 0 Å². The molecule has 0 aliphatic heterocycles. The van der Waals surface area contributed by atoms with Gasteiger partial charge in [0.05, 0.1) is 0 Å². The molecule has 1 aromatic rings. The van der Waals surface area contributed by atoms with Crippen LogP contribution in [0.4, 0.5) is 0 Å². The summed E-state index contributed by atoms with van der Waals surface area (Å²) in [6.45, 7) is 4.32. The van der Waals surface area contributed by atoms with Gasteiger partial charge < -0.3 is 0 Å². The van der Waals surface area contributed by atoms with Gasteiger partial charge in [0.1, 0.15) is 0 Å². The molecule has 0 unspecified atom stereocenters. The standard InChI is InChI=1S/C11H11.2ClH.Zr/c1-8-7-9(2)11-6-4-3-5-10(8)11;;;/h3-7H,1-2H3;2*1H;/q;;;+2/p-2. The second-order valence-corrected chi connectivity index (χ2v) is 6.86. The van der Waals surface area contributed by atoms with Crippen molar-refractivity contribution in [2.75, 3.05) is 0 Å². The van der Waals surface area contributed by atoms with Gasteiger partial charge in [-0.15, -0.1) is 0 Å². The number of benzene rings is 1. The summed E-state index contributed by atoms with van der Waals surface area (Å²) in [7, 11) is 9.87. The Morgan fingerprint density at radius 2 is 1.50 bits per heavy atom. The fourth-order valence-corrected chi connectivity index (χ4v) is 1.65. The number of hydrogen-bond donors (Lipinski definition) is 0. The third-order valence-electron chi connectivity index (χ3n) is 2.21. The summed E-state index contributed by atoms with van der Waals surface area (Å²) in [4.78, 5) is 0. The molecule has 1 aliphatic carbocycles. The summed E-state index contributed by atoms with van der Waals surface area (Å²) in [5.41, 5.74) is 4.17. The van der Waals surface area contributed by atoms with Crippen LogP contribution >= 0.6 is 17.0 Å². The molecule has 0 atom stereocenters. The van der Waals surface area contributed by atoms with Crippen LogP contribution in [0.3, 0.4) is 0 Å². The second-order valence-electron chi connectivity index (χ2n) is 3.13. The Bertz CT molecular complexity index is 334. The van der Waals surface area contributed by atoms with E-state index in [2.05, 4.69) is 44.2 Å². The number of fused-ring (bicyclic) bond motifs is 1. The van der Waals surface area contributed by atoms with Crippen molar-refractivity contribution in [2.45, 2.75) is 13.8 Å². The second kappa shape index (κ2) is 6.10. The van der Waals surface area contributed by atoms with Gasteiger partial charge in [-0.3, -0.25) is 0 Å². The van der Waals surface area contributed by atoms with Crippen LogP contribution in [0, 0.1) is 5.92 Å². The van der Waals surface area contributed by atoms with Gasteiger partial charge in [-0.2, -0.15) is 0 Å². The predicted molar refractivity (Wildman–Crippen MR) is 59.8 cm³/mol. The summed E-state index contributed by atoms with van der Waals surface area (Å²) in [6.07, 6.45) is 2.24. The van der Waals surface area contributed by atoms with Crippen molar-refractivity contribution in [3.05, 3.63) is 47.4 Å². The van der Waals surface area contributed by atoms with E-state index < -0.39 is 20.8 Å². The van der Waals surface area contributed by atoms with Crippen LogP contribution in [0.2, 0.25) is 0 Å². The normalized spacial score (nSPS) is 13.9. The number of hydrogen-bond acceptors (Lipinski definition) is 0. The monoisotopic (exact) mass is 303 g/mol. The molecular formula is C11H11Cl2Zr. The molecule has 0 bridgehead atoms. The fraction of sp³-hybridized carbons (Fsp3) is 0.182. The van der Waals surface area contributed by atoms with E-state index in [9.17, 15) is 0 Å². The molecule has 0 fully saturated rings. The van der Waals surface area contributed by atoms with Crippen molar-refractivity contribution in [3.8, 4) is 0 Å². The Morgan fingerprint density at radius 3 is 2.00 bits per heavy atom. The van der Waals surface area contributed by atoms with E-state index in [1.165, 1.54) is 22.6 Å². The molecule has 0 heterocycles. The molecule has 0 saturated heterocycles. The van der Waals surface area contributed by atoms with E-state index in [1.54, 1.807) is 0 Å². The van der Waals surface area contributed by atoms with E-state index in [0.29, 0.717) is 0 Å². The van der Waals surface area contributed by atoms with Crippen molar-refractivity contribution in [2.24, 2.45) is 0 Å². The Balaban J connectivity index is 0.000000293. The minimum atomic E-state index is -0.826. The first-order valence-electron chi connectivity index (χ1n) is 4.28. The van der Waals surface area contributed by atoms with Gasteiger partial charge in [-0.1, -0.05) is 37.3 Å². The van der Waals surface area contributed by atoms with Crippen LogP contribution in [0.25, 0.3) is 5.57 Å². The SMILES string of the molecule is C[C]1C=C(C)c2ccccc21.[Cl][Zr][Cl]. The average Bonchev–Trinajstić information content (AvgIpc) is 2.45. The van der Waals surface area contributed by atoms with Crippen molar-refractivity contribution in [3.63, 3.8) is 0 Å². The average molecular weight is 305 g/mol. The molecule has 73 valence electrons. The Hall–Kier alpha value is 0.423. The maximum atomic E-state index is 4.93. The van der Waals surface area contributed by atoms with Gasteiger partial charge in [-0.25, -0.2) is 0 Å². The summed E-state index contributed by atoms with van der Waals surface area (Å²) in [6, 6.07) is 8.54. The molecule has 0 spiro atoms. The molecule has 2 rings (SSSR count). The molecule has 14 heavy (non-hydrogen) atoms. The zero-order chi connectivity index (χ0) is 10.6. The molecule has 0 aromatic heterocycles. The zero-order valence-corrected chi connectivity index (χ0v) is 12.1. The van der Waals surface area contributed by atoms with E-state index in [0.717, 1.165) is 0 Å². The van der Waals surface area contributed by atoms with Gasteiger partial charge in [-0.05, 0) is 23.6 Å².